The summed E-state index contributed by atoms with van der Waals surface area (Å²) in [5.41, 5.74) is 9.75. The number of hydrogen-bond acceptors (Lipinski definition) is 4. The van der Waals surface area contributed by atoms with Crippen molar-refractivity contribution in [2.45, 2.75) is 12.9 Å². The largest absolute Gasteiger partial charge is 0.574 e. The van der Waals surface area contributed by atoms with Crippen LogP contribution in [0, 0.1) is 0 Å². The van der Waals surface area contributed by atoms with Crippen molar-refractivity contribution in [3.05, 3.63) is 21.9 Å². The van der Waals surface area contributed by atoms with Crippen LogP contribution in [0.2, 0.25) is 0 Å². The molecule has 15 heavy (non-hydrogen) atoms. The molecule has 0 radical (unpaired) electrons. The monoisotopic (exact) mass is 223 g/mol. The van der Waals surface area contributed by atoms with Crippen molar-refractivity contribution in [1.82, 2.24) is 4.98 Å². The van der Waals surface area contributed by atoms with Gasteiger partial charge in [0.1, 0.15) is 5.82 Å². The highest BCUT2D eigenvalue weighted by Gasteiger charge is 2.31. The van der Waals surface area contributed by atoms with Crippen LogP contribution in [0.3, 0.4) is 0 Å². The highest BCUT2D eigenvalue weighted by molar-refractivity contribution is 5.41. The number of halogens is 3. The molecular formula is C7H8F3N3O2. The van der Waals surface area contributed by atoms with Crippen LogP contribution >= 0.6 is 0 Å². The van der Waals surface area contributed by atoms with Gasteiger partial charge < -0.3 is 21.2 Å². The Morgan fingerprint density at radius 2 is 2.07 bits per heavy atom. The standard InChI is InChI=1S/C7H8F3N3O2/c8-7(9,10)15-5-1-4(14)3(2-11)6(12)13-5/h1H,2,11H2,(H3,12,13,14). The van der Waals surface area contributed by atoms with Crippen molar-refractivity contribution in [3.8, 4) is 5.88 Å². The van der Waals surface area contributed by atoms with Crippen molar-refractivity contribution >= 4 is 5.82 Å². The number of aromatic nitrogens is 1. The second kappa shape index (κ2) is 3.81. The number of nitrogens with one attached hydrogen (secondary N) is 1. The Bertz CT molecular complexity index is 413. The summed E-state index contributed by atoms with van der Waals surface area (Å²) in [5, 5.41) is 0. The van der Waals surface area contributed by atoms with E-state index in [1.807, 2.05) is 0 Å². The van der Waals surface area contributed by atoms with Gasteiger partial charge in [-0.2, -0.15) is 0 Å². The Labute approximate surface area is 81.8 Å². The minimum absolute atomic E-state index is 0.0181. The first-order valence-electron chi connectivity index (χ1n) is 3.81. The summed E-state index contributed by atoms with van der Waals surface area (Å²) in [6, 6.07) is 0.645. The van der Waals surface area contributed by atoms with E-state index in [4.69, 9.17) is 11.5 Å². The van der Waals surface area contributed by atoms with E-state index in [9.17, 15) is 18.0 Å². The molecule has 1 aromatic heterocycles. The second-order valence-electron chi connectivity index (χ2n) is 2.64. The lowest BCUT2D eigenvalue weighted by Crippen LogP contribution is -2.22. The molecule has 5 N–H and O–H groups in total. The van der Waals surface area contributed by atoms with Gasteiger partial charge in [0.05, 0.1) is 5.56 Å². The summed E-state index contributed by atoms with van der Waals surface area (Å²) >= 11 is 0. The average molecular weight is 223 g/mol. The normalized spacial score (nSPS) is 11.5. The molecule has 0 aliphatic heterocycles. The predicted molar refractivity (Wildman–Crippen MR) is 46.0 cm³/mol. The molecule has 0 unspecified atom stereocenters. The van der Waals surface area contributed by atoms with Crippen LogP contribution in [0.25, 0.3) is 0 Å². The third-order valence-corrected chi connectivity index (χ3v) is 1.57. The number of rotatable bonds is 2. The SMILES string of the molecule is NCc1c(N)[nH]c(OC(F)(F)F)cc1=O. The van der Waals surface area contributed by atoms with Crippen LogP contribution in [-0.4, -0.2) is 11.3 Å². The summed E-state index contributed by atoms with van der Waals surface area (Å²) in [5.74, 6) is -0.994. The quantitative estimate of drug-likeness (QED) is 0.672. The molecule has 0 aromatic carbocycles. The fraction of sp³-hybridized carbons (Fsp3) is 0.286. The summed E-state index contributed by atoms with van der Waals surface area (Å²) in [4.78, 5) is 13.2. The van der Waals surface area contributed by atoms with Gasteiger partial charge in [-0.3, -0.25) is 4.79 Å². The van der Waals surface area contributed by atoms with Crippen LogP contribution in [0.5, 0.6) is 5.88 Å². The lowest BCUT2D eigenvalue weighted by atomic mass is 10.2. The number of nitrogen functional groups attached to an aromatic ring is 1. The van der Waals surface area contributed by atoms with E-state index >= 15 is 0 Å². The van der Waals surface area contributed by atoms with Crippen LogP contribution in [0.4, 0.5) is 19.0 Å². The summed E-state index contributed by atoms with van der Waals surface area (Å²) in [6.45, 7) is -0.159. The minimum Gasteiger partial charge on any atom is -0.390 e. The number of pyridine rings is 1. The molecular weight excluding hydrogens is 215 g/mol. The molecule has 0 fully saturated rings. The van der Waals surface area contributed by atoms with E-state index in [2.05, 4.69) is 9.72 Å². The lowest BCUT2D eigenvalue weighted by molar-refractivity contribution is -0.276. The second-order valence-corrected chi connectivity index (χ2v) is 2.64. The van der Waals surface area contributed by atoms with Crippen LogP contribution < -0.4 is 21.6 Å². The number of nitrogens with two attached hydrogens (primary N) is 2. The van der Waals surface area contributed by atoms with Gasteiger partial charge in [-0.25, -0.2) is 0 Å². The first-order chi connectivity index (χ1) is 6.83. The summed E-state index contributed by atoms with van der Waals surface area (Å²) < 4.78 is 38.8. The average Bonchev–Trinajstić information content (AvgIpc) is 1.99. The Morgan fingerprint density at radius 3 is 2.47 bits per heavy atom. The van der Waals surface area contributed by atoms with Gasteiger partial charge in [-0.05, 0) is 0 Å². The maximum atomic E-state index is 11.8. The van der Waals surface area contributed by atoms with Crippen molar-refractivity contribution in [2.75, 3.05) is 5.73 Å². The number of anilines is 1. The van der Waals surface area contributed by atoms with E-state index in [1.165, 1.54) is 0 Å². The van der Waals surface area contributed by atoms with E-state index in [-0.39, 0.29) is 17.9 Å². The molecule has 0 bridgehead atoms. The van der Waals surface area contributed by atoms with Crippen molar-refractivity contribution in [2.24, 2.45) is 5.73 Å². The molecule has 1 aromatic rings. The van der Waals surface area contributed by atoms with E-state index in [0.717, 1.165) is 0 Å². The molecule has 0 saturated heterocycles. The molecule has 0 atom stereocenters. The molecule has 0 spiro atoms. The third-order valence-electron chi connectivity index (χ3n) is 1.57. The smallest absolute Gasteiger partial charge is 0.390 e. The zero-order valence-corrected chi connectivity index (χ0v) is 7.39. The van der Waals surface area contributed by atoms with Gasteiger partial charge >= 0.3 is 6.36 Å². The number of H-pyrrole nitrogens is 1. The number of hydrogen-bond donors (Lipinski definition) is 3. The number of ether oxygens (including phenoxy) is 1. The highest BCUT2D eigenvalue weighted by atomic mass is 19.4. The predicted octanol–water partition coefficient (Wildman–Crippen LogP) is 0.314. The number of aromatic amines is 1. The van der Waals surface area contributed by atoms with Crippen molar-refractivity contribution in [3.63, 3.8) is 0 Å². The van der Waals surface area contributed by atoms with Gasteiger partial charge in [0.15, 0.2) is 5.43 Å². The van der Waals surface area contributed by atoms with Crippen molar-refractivity contribution in [1.29, 1.82) is 0 Å². The molecule has 1 heterocycles. The Hall–Kier alpha value is -1.70. The maximum Gasteiger partial charge on any atom is 0.574 e. The van der Waals surface area contributed by atoms with Gasteiger partial charge in [0, 0.05) is 12.6 Å². The summed E-state index contributed by atoms with van der Waals surface area (Å²) in [7, 11) is 0. The van der Waals surface area contributed by atoms with Crippen LogP contribution in [0.15, 0.2) is 10.9 Å². The highest BCUT2D eigenvalue weighted by Crippen LogP contribution is 2.20. The molecule has 0 amide bonds. The van der Waals surface area contributed by atoms with Crippen molar-refractivity contribution < 1.29 is 17.9 Å². The van der Waals surface area contributed by atoms with Gasteiger partial charge in [-0.1, -0.05) is 0 Å². The van der Waals surface area contributed by atoms with Gasteiger partial charge in [0.2, 0.25) is 5.88 Å². The Kier molecular flexibility index (Phi) is 2.89. The molecule has 5 nitrogen and oxygen atoms in total. The topological polar surface area (TPSA) is 94.1 Å². The fourth-order valence-electron chi connectivity index (χ4n) is 0.973. The lowest BCUT2D eigenvalue weighted by Gasteiger charge is -2.10. The van der Waals surface area contributed by atoms with Gasteiger partial charge in [0.25, 0.3) is 0 Å². The molecule has 0 saturated carbocycles. The molecule has 84 valence electrons. The van der Waals surface area contributed by atoms with Crippen LogP contribution in [0.1, 0.15) is 5.56 Å². The molecule has 8 heteroatoms. The minimum atomic E-state index is -4.88. The maximum absolute atomic E-state index is 11.8. The first-order valence-corrected chi connectivity index (χ1v) is 3.81. The third kappa shape index (κ3) is 2.88. The Morgan fingerprint density at radius 1 is 1.47 bits per heavy atom. The molecule has 1 rings (SSSR count). The van der Waals surface area contributed by atoms with Crippen LogP contribution in [-0.2, 0) is 6.54 Å². The van der Waals surface area contributed by atoms with E-state index in [1.54, 1.807) is 0 Å². The summed E-state index contributed by atoms with van der Waals surface area (Å²) in [6.07, 6.45) is -4.88. The fourth-order valence-corrected chi connectivity index (χ4v) is 0.973. The molecule has 0 aliphatic carbocycles. The number of alkyl halides is 3. The zero-order chi connectivity index (χ0) is 11.6. The van der Waals surface area contributed by atoms with E-state index in [0.29, 0.717) is 6.07 Å². The molecule has 0 aliphatic rings. The zero-order valence-electron chi connectivity index (χ0n) is 7.39. The Balaban J connectivity index is 3.10. The van der Waals surface area contributed by atoms with E-state index < -0.39 is 17.7 Å². The first kappa shape index (κ1) is 11.4. The van der Waals surface area contributed by atoms with Gasteiger partial charge in [-0.15, -0.1) is 13.2 Å².